The minimum absolute atomic E-state index is 0.0882. The van der Waals surface area contributed by atoms with Gasteiger partial charge in [-0.05, 0) is 35.5 Å². The van der Waals surface area contributed by atoms with Gasteiger partial charge in [0, 0.05) is 0 Å². The number of nitrogens with zero attached hydrogens (tertiary/aromatic N) is 4. The summed E-state index contributed by atoms with van der Waals surface area (Å²) in [5, 5.41) is 10.6. The molecular formula is C13H15N5O4S. The van der Waals surface area contributed by atoms with E-state index in [1.54, 1.807) is 6.07 Å². The molecular weight excluding hydrogens is 322 g/mol. The molecule has 0 radical (unpaired) electrons. The van der Waals surface area contributed by atoms with Crippen LogP contribution >= 0.6 is 0 Å². The molecule has 2 aromatic rings. The number of hydrogen-bond acceptors (Lipinski definition) is 7. The van der Waals surface area contributed by atoms with Crippen LogP contribution in [0.3, 0.4) is 0 Å². The molecule has 0 unspecified atom stereocenters. The van der Waals surface area contributed by atoms with Crippen LogP contribution in [0.5, 0.6) is 0 Å². The maximum Gasteiger partial charge on any atom is 0.264 e. The van der Waals surface area contributed by atoms with Crippen molar-refractivity contribution in [1.82, 2.24) is 24.9 Å². The number of ether oxygens (including phenoxy) is 1. The molecule has 2 rings (SSSR count). The van der Waals surface area contributed by atoms with Crippen molar-refractivity contribution in [2.75, 3.05) is 6.61 Å². The largest absolute Gasteiger partial charge is 0.365 e. The van der Waals surface area contributed by atoms with Crippen molar-refractivity contribution in [2.45, 2.75) is 17.9 Å². The van der Waals surface area contributed by atoms with Gasteiger partial charge in [0.2, 0.25) is 0 Å². The second kappa shape index (κ2) is 7.11. The van der Waals surface area contributed by atoms with Gasteiger partial charge in [-0.2, -0.15) is 0 Å². The summed E-state index contributed by atoms with van der Waals surface area (Å²) in [6.45, 7) is 5.05. The molecule has 122 valence electrons. The highest BCUT2D eigenvalue weighted by Gasteiger charge is 2.22. The lowest BCUT2D eigenvalue weighted by atomic mass is 10.3. The maximum absolute atomic E-state index is 12.3. The smallest absolute Gasteiger partial charge is 0.264 e. The molecule has 0 aliphatic heterocycles. The highest BCUT2D eigenvalue weighted by molar-refractivity contribution is 7.90. The summed E-state index contributed by atoms with van der Waals surface area (Å²) in [5.41, 5.74) is 0.446. The molecule has 1 heterocycles. The predicted molar refractivity (Wildman–Crippen MR) is 80.1 cm³/mol. The molecule has 0 bridgehead atoms. The molecule has 0 saturated carbocycles. The molecule has 0 spiro atoms. The van der Waals surface area contributed by atoms with Crippen LogP contribution in [0.25, 0.3) is 5.69 Å². The molecule has 0 saturated heterocycles. The normalized spacial score (nSPS) is 12.6. The molecule has 0 aliphatic carbocycles. The van der Waals surface area contributed by atoms with Crippen LogP contribution in [0.2, 0.25) is 0 Å². The Bertz CT molecular complexity index is 788. The third kappa shape index (κ3) is 4.20. The molecule has 9 nitrogen and oxygen atoms in total. The Hall–Kier alpha value is -2.59. The van der Waals surface area contributed by atoms with Crippen molar-refractivity contribution in [3.05, 3.63) is 43.2 Å². The highest BCUT2D eigenvalue weighted by atomic mass is 32.2. The SMILES string of the molecule is C=CCO[C@@H](C)C(=O)NS(=O)(=O)c1cccc(-n2cnnn2)c1. The van der Waals surface area contributed by atoms with Gasteiger partial charge >= 0.3 is 0 Å². The fraction of sp³-hybridized carbons (Fsp3) is 0.231. The van der Waals surface area contributed by atoms with Crippen LogP contribution in [0.4, 0.5) is 0 Å². The van der Waals surface area contributed by atoms with E-state index in [-0.39, 0.29) is 11.5 Å². The number of carbonyl (C=O) groups is 1. The second-order valence-electron chi connectivity index (χ2n) is 4.49. The van der Waals surface area contributed by atoms with Crippen molar-refractivity contribution in [3.63, 3.8) is 0 Å². The molecule has 1 amide bonds. The summed E-state index contributed by atoms with van der Waals surface area (Å²) in [7, 11) is -4.03. The number of aromatic nitrogens is 4. The number of amides is 1. The molecule has 1 atom stereocenters. The molecule has 10 heteroatoms. The van der Waals surface area contributed by atoms with E-state index < -0.39 is 22.0 Å². The van der Waals surface area contributed by atoms with Crippen LogP contribution in [0.15, 0.2) is 48.1 Å². The van der Waals surface area contributed by atoms with Crippen LogP contribution < -0.4 is 4.72 Å². The van der Waals surface area contributed by atoms with Crippen LogP contribution in [0.1, 0.15) is 6.92 Å². The van der Waals surface area contributed by atoms with E-state index in [1.807, 2.05) is 4.72 Å². The number of tetrazole rings is 1. The van der Waals surface area contributed by atoms with Gasteiger partial charge in [0.25, 0.3) is 15.9 Å². The Morgan fingerprint density at radius 3 is 2.96 bits per heavy atom. The second-order valence-corrected chi connectivity index (χ2v) is 6.17. The first-order chi connectivity index (χ1) is 10.9. The topological polar surface area (TPSA) is 116 Å². The van der Waals surface area contributed by atoms with Gasteiger partial charge < -0.3 is 4.74 Å². The quantitative estimate of drug-likeness (QED) is 0.710. The van der Waals surface area contributed by atoms with Gasteiger partial charge in [-0.25, -0.2) is 17.8 Å². The number of hydrogen-bond donors (Lipinski definition) is 1. The summed E-state index contributed by atoms with van der Waals surface area (Å²) in [6, 6.07) is 5.86. The Kier molecular flexibility index (Phi) is 5.19. The van der Waals surface area contributed by atoms with E-state index >= 15 is 0 Å². The number of benzene rings is 1. The molecule has 0 aliphatic rings. The monoisotopic (exact) mass is 337 g/mol. The Balaban J connectivity index is 2.18. The zero-order valence-corrected chi connectivity index (χ0v) is 13.1. The van der Waals surface area contributed by atoms with Crippen LogP contribution in [0, 0.1) is 0 Å². The van der Waals surface area contributed by atoms with E-state index in [1.165, 1.54) is 42.2 Å². The first kappa shape index (κ1) is 16.8. The average Bonchev–Trinajstić information content (AvgIpc) is 3.06. The molecule has 23 heavy (non-hydrogen) atoms. The minimum Gasteiger partial charge on any atom is -0.365 e. The van der Waals surface area contributed by atoms with Gasteiger partial charge in [0.05, 0.1) is 17.2 Å². The van der Waals surface area contributed by atoms with Crippen molar-refractivity contribution in [3.8, 4) is 5.69 Å². The Labute approximate surface area is 133 Å². The minimum atomic E-state index is -4.03. The lowest BCUT2D eigenvalue weighted by molar-refractivity contribution is -0.129. The Morgan fingerprint density at radius 2 is 2.30 bits per heavy atom. The lowest BCUT2D eigenvalue weighted by Crippen LogP contribution is -2.38. The lowest BCUT2D eigenvalue weighted by Gasteiger charge is -2.13. The molecule has 0 fully saturated rings. The number of nitrogens with one attached hydrogen (secondary N) is 1. The zero-order chi connectivity index (χ0) is 16.9. The Morgan fingerprint density at radius 1 is 1.52 bits per heavy atom. The standard InChI is InChI=1S/C13H15N5O4S/c1-3-7-22-10(2)13(19)15-23(20,21)12-6-4-5-11(8-12)18-9-14-16-17-18/h3-6,8-10H,1,7H2,2H3,(H,15,19)/t10-/m0/s1. The van der Waals surface area contributed by atoms with Gasteiger partial charge in [-0.1, -0.05) is 12.1 Å². The fourth-order valence-corrected chi connectivity index (χ4v) is 2.72. The number of sulfonamides is 1. The van der Waals surface area contributed by atoms with Crippen LogP contribution in [-0.2, 0) is 19.6 Å². The summed E-state index contributed by atoms with van der Waals surface area (Å²) < 4.78 is 32.9. The highest BCUT2D eigenvalue weighted by Crippen LogP contribution is 2.14. The van der Waals surface area contributed by atoms with Gasteiger partial charge in [-0.15, -0.1) is 11.7 Å². The first-order valence-corrected chi connectivity index (χ1v) is 8.05. The predicted octanol–water partition coefficient (Wildman–Crippen LogP) is 0.0583. The van der Waals surface area contributed by atoms with E-state index in [2.05, 4.69) is 22.1 Å². The first-order valence-electron chi connectivity index (χ1n) is 6.56. The summed E-state index contributed by atoms with van der Waals surface area (Å²) in [4.78, 5) is 11.8. The summed E-state index contributed by atoms with van der Waals surface area (Å²) in [5.74, 6) is -0.764. The third-order valence-electron chi connectivity index (χ3n) is 2.81. The third-order valence-corrected chi connectivity index (χ3v) is 4.15. The fourth-order valence-electron chi connectivity index (χ4n) is 1.64. The molecule has 1 aromatic carbocycles. The van der Waals surface area contributed by atoms with Crippen molar-refractivity contribution in [1.29, 1.82) is 0 Å². The summed E-state index contributed by atoms with van der Waals surface area (Å²) >= 11 is 0. The van der Waals surface area contributed by atoms with E-state index in [9.17, 15) is 13.2 Å². The maximum atomic E-state index is 12.3. The van der Waals surface area contributed by atoms with Gasteiger partial charge in [0.15, 0.2) is 0 Å². The number of rotatable bonds is 7. The zero-order valence-electron chi connectivity index (χ0n) is 12.3. The number of carbonyl (C=O) groups excluding carboxylic acids is 1. The summed E-state index contributed by atoms with van der Waals surface area (Å²) in [6.07, 6.45) is 1.87. The van der Waals surface area contributed by atoms with Crippen molar-refractivity contribution in [2.24, 2.45) is 0 Å². The van der Waals surface area contributed by atoms with Crippen LogP contribution in [-0.4, -0.2) is 47.2 Å². The van der Waals surface area contributed by atoms with Gasteiger partial charge in [0.1, 0.15) is 12.4 Å². The average molecular weight is 337 g/mol. The molecule has 1 aromatic heterocycles. The van der Waals surface area contributed by atoms with Gasteiger partial charge in [-0.3, -0.25) is 4.79 Å². The van der Waals surface area contributed by atoms with E-state index in [4.69, 9.17) is 4.74 Å². The van der Waals surface area contributed by atoms with E-state index in [0.29, 0.717) is 5.69 Å². The van der Waals surface area contributed by atoms with E-state index in [0.717, 1.165) is 0 Å². The van der Waals surface area contributed by atoms with Crippen molar-refractivity contribution >= 4 is 15.9 Å². The van der Waals surface area contributed by atoms with Crippen molar-refractivity contribution < 1.29 is 17.9 Å². The molecule has 1 N–H and O–H groups in total.